The Labute approximate surface area is 126 Å². The lowest BCUT2D eigenvalue weighted by atomic mass is 10.1. The number of rotatable bonds is 5. The van der Waals surface area contributed by atoms with Crippen LogP contribution in [-0.2, 0) is 4.74 Å². The van der Waals surface area contributed by atoms with Gasteiger partial charge in [0.25, 0.3) is 5.89 Å². The van der Waals surface area contributed by atoms with E-state index in [-0.39, 0.29) is 6.10 Å². The maximum absolute atomic E-state index is 5.76. The summed E-state index contributed by atoms with van der Waals surface area (Å²) in [6.07, 6.45) is -0.328. The quantitative estimate of drug-likeness (QED) is 0.780. The summed E-state index contributed by atoms with van der Waals surface area (Å²) in [7, 11) is 0. The molecule has 0 aliphatic heterocycles. The van der Waals surface area contributed by atoms with Crippen molar-refractivity contribution in [3.63, 3.8) is 0 Å². The van der Waals surface area contributed by atoms with E-state index in [2.05, 4.69) is 10.1 Å². The number of nitrogen functional groups attached to an aromatic ring is 1. The third-order valence-corrected chi connectivity index (χ3v) is 3.85. The number of benzene rings is 1. The lowest BCUT2D eigenvalue weighted by Crippen LogP contribution is -2.07. The molecule has 5 nitrogen and oxygen atoms in total. The zero-order chi connectivity index (χ0) is 14.7. The van der Waals surface area contributed by atoms with Crippen LogP contribution in [0.2, 0.25) is 0 Å². The van der Waals surface area contributed by atoms with Crippen molar-refractivity contribution in [2.45, 2.75) is 13.0 Å². The molecule has 6 heteroatoms. The number of thiophene rings is 1. The molecule has 0 radical (unpaired) electrons. The first kappa shape index (κ1) is 13.8. The van der Waals surface area contributed by atoms with Crippen LogP contribution in [0.1, 0.15) is 24.4 Å². The molecule has 0 aliphatic carbocycles. The van der Waals surface area contributed by atoms with E-state index in [1.165, 1.54) is 11.3 Å². The molecule has 2 heterocycles. The number of hydrogen-bond acceptors (Lipinski definition) is 6. The Morgan fingerprint density at radius 1 is 1.24 bits per heavy atom. The molecule has 0 fully saturated rings. The molecule has 3 aromatic rings. The highest BCUT2D eigenvalue weighted by molar-refractivity contribution is 7.19. The van der Waals surface area contributed by atoms with E-state index in [0.717, 1.165) is 10.4 Å². The second kappa shape index (κ2) is 6.07. The Balaban J connectivity index is 1.92. The van der Waals surface area contributed by atoms with Crippen LogP contribution in [0.5, 0.6) is 0 Å². The molecular weight excluding hydrogens is 286 g/mol. The number of nitrogens with zero attached hydrogens (tertiary/aromatic N) is 2. The first-order valence-electron chi connectivity index (χ1n) is 6.63. The number of aromatic nitrogens is 2. The minimum atomic E-state index is -0.328. The van der Waals surface area contributed by atoms with Gasteiger partial charge < -0.3 is 15.0 Å². The van der Waals surface area contributed by atoms with Crippen LogP contribution < -0.4 is 5.73 Å². The summed E-state index contributed by atoms with van der Waals surface area (Å²) < 4.78 is 11.1. The summed E-state index contributed by atoms with van der Waals surface area (Å²) in [5, 5.41) is 4.77. The van der Waals surface area contributed by atoms with Gasteiger partial charge in [-0.1, -0.05) is 35.5 Å². The first-order chi connectivity index (χ1) is 10.3. The number of ether oxygens (including phenoxy) is 1. The van der Waals surface area contributed by atoms with Crippen molar-refractivity contribution in [3.05, 3.63) is 53.9 Å². The van der Waals surface area contributed by atoms with Crippen molar-refractivity contribution < 1.29 is 9.26 Å². The molecule has 21 heavy (non-hydrogen) atoms. The van der Waals surface area contributed by atoms with Crippen LogP contribution in [0.25, 0.3) is 10.8 Å². The van der Waals surface area contributed by atoms with Crippen molar-refractivity contribution in [2.75, 3.05) is 12.3 Å². The van der Waals surface area contributed by atoms with Crippen LogP contribution in [0, 0.1) is 0 Å². The van der Waals surface area contributed by atoms with Crippen LogP contribution in [0.3, 0.4) is 0 Å². The fraction of sp³-hybridized carbons (Fsp3) is 0.200. The normalized spacial score (nSPS) is 12.4. The van der Waals surface area contributed by atoms with Crippen LogP contribution in [-0.4, -0.2) is 16.7 Å². The van der Waals surface area contributed by atoms with Crippen molar-refractivity contribution in [1.29, 1.82) is 0 Å². The second-order valence-electron chi connectivity index (χ2n) is 4.41. The highest BCUT2D eigenvalue weighted by Gasteiger charge is 2.21. The predicted molar refractivity (Wildman–Crippen MR) is 81.9 cm³/mol. The summed E-state index contributed by atoms with van der Waals surface area (Å²) in [4.78, 5) is 5.30. The Bertz CT molecular complexity index is 709. The van der Waals surface area contributed by atoms with Gasteiger partial charge in [0, 0.05) is 6.61 Å². The topological polar surface area (TPSA) is 74.2 Å². The number of nitrogens with two attached hydrogens (primary N) is 1. The summed E-state index contributed by atoms with van der Waals surface area (Å²) in [5.74, 6) is 0.984. The van der Waals surface area contributed by atoms with Crippen LogP contribution >= 0.6 is 11.3 Å². The Hall–Kier alpha value is -2.18. The smallest absolute Gasteiger partial charge is 0.268 e. The van der Waals surface area contributed by atoms with E-state index in [1.807, 2.05) is 49.4 Å². The summed E-state index contributed by atoms with van der Waals surface area (Å²) in [5.41, 5.74) is 6.72. The van der Waals surface area contributed by atoms with Gasteiger partial charge in [-0.2, -0.15) is 4.98 Å². The van der Waals surface area contributed by atoms with Gasteiger partial charge in [0.2, 0.25) is 5.82 Å². The van der Waals surface area contributed by atoms with Gasteiger partial charge >= 0.3 is 0 Å². The van der Waals surface area contributed by atoms with E-state index in [0.29, 0.717) is 23.3 Å². The first-order valence-corrected chi connectivity index (χ1v) is 7.45. The molecule has 3 rings (SSSR count). The minimum absolute atomic E-state index is 0.328. The average Bonchev–Trinajstić information content (AvgIpc) is 3.14. The van der Waals surface area contributed by atoms with Crippen molar-refractivity contribution >= 4 is 16.3 Å². The van der Waals surface area contributed by atoms with E-state index >= 15 is 0 Å². The lowest BCUT2D eigenvalue weighted by molar-refractivity contribution is 0.0833. The standard InChI is InChI=1S/C15H15N3O2S/c1-2-19-13(10-6-4-3-5-7-10)14-17-15(20-18-14)11-8-9-12(16)21-11/h3-9,13H,2,16H2,1H3. The average molecular weight is 301 g/mol. The van der Waals surface area contributed by atoms with Gasteiger partial charge in [-0.05, 0) is 24.6 Å². The molecule has 2 aromatic heterocycles. The van der Waals surface area contributed by atoms with Gasteiger partial charge in [0.15, 0.2) is 0 Å². The second-order valence-corrected chi connectivity index (χ2v) is 5.52. The fourth-order valence-electron chi connectivity index (χ4n) is 2.02. The maximum atomic E-state index is 5.76. The molecule has 108 valence electrons. The van der Waals surface area contributed by atoms with Crippen molar-refractivity contribution in [1.82, 2.24) is 10.1 Å². The van der Waals surface area contributed by atoms with Crippen molar-refractivity contribution in [2.24, 2.45) is 0 Å². The van der Waals surface area contributed by atoms with E-state index in [1.54, 1.807) is 0 Å². The van der Waals surface area contributed by atoms with Gasteiger partial charge in [0.1, 0.15) is 6.10 Å². The highest BCUT2D eigenvalue weighted by Crippen LogP contribution is 2.30. The molecule has 1 aromatic carbocycles. The largest absolute Gasteiger partial charge is 0.391 e. The van der Waals surface area contributed by atoms with E-state index in [9.17, 15) is 0 Å². The Morgan fingerprint density at radius 2 is 2.05 bits per heavy atom. The Kier molecular flexibility index (Phi) is 3.98. The highest BCUT2D eigenvalue weighted by atomic mass is 32.1. The molecule has 1 atom stereocenters. The molecule has 2 N–H and O–H groups in total. The fourth-order valence-corrected chi connectivity index (χ4v) is 2.72. The van der Waals surface area contributed by atoms with Crippen LogP contribution in [0.4, 0.5) is 5.00 Å². The molecule has 0 bridgehead atoms. The molecule has 0 saturated carbocycles. The molecule has 1 unspecified atom stereocenters. The Morgan fingerprint density at radius 3 is 2.71 bits per heavy atom. The number of anilines is 1. The summed E-state index contributed by atoms with van der Waals surface area (Å²) in [6.45, 7) is 2.51. The van der Waals surface area contributed by atoms with Crippen molar-refractivity contribution in [3.8, 4) is 10.8 Å². The summed E-state index contributed by atoms with van der Waals surface area (Å²) >= 11 is 1.42. The molecular formula is C15H15N3O2S. The zero-order valence-electron chi connectivity index (χ0n) is 11.5. The monoisotopic (exact) mass is 301 g/mol. The van der Waals surface area contributed by atoms with Gasteiger partial charge in [-0.15, -0.1) is 11.3 Å². The molecule has 0 amide bonds. The minimum Gasteiger partial charge on any atom is -0.391 e. The summed E-state index contributed by atoms with van der Waals surface area (Å²) in [6, 6.07) is 13.5. The van der Waals surface area contributed by atoms with Gasteiger partial charge in [-0.25, -0.2) is 0 Å². The molecule has 0 saturated heterocycles. The van der Waals surface area contributed by atoms with E-state index < -0.39 is 0 Å². The third kappa shape index (κ3) is 2.96. The maximum Gasteiger partial charge on any atom is 0.268 e. The third-order valence-electron chi connectivity index (χ3n) is 2.95. The van der Waals surface area contributed by atoms with Crippen LogP contribution in [0.15, 0.2) is 47.0 Å². The van der Waals surface area contributed by atoms with E-state index in [4.69, 9.17) is 15.0 Å². The molecule has 0 spiro atoms. The lowest BCUT2D eigenvalue weighted by Gasteiger charge is -2.13. The van der Waals surface area contributed by atoms with Gasteiger partial charge in [-0.3, -0.25) is 0 Å². The number of hydrogen-bond donors (Lipinski definition) is 1. The van der Waals surface area contributed by atoms with Gasteiger partial charge in [0.05, 0.1) is 9.88 Å². The molecule has 0 aliphatic rings. The SMILES string of the molecule is CCOC(c1ccccc1)c1noc(-c2ccc(N)s2)n1. The zero-order valence-corrected chi connectivity index (χ0v) is 12.3. The predicted octanol–water partition coefficient (Wildman–Crippen LogP) is 3.51.